The van der Waals surface area contributed by atoms with Crippen molar-refractivity contribution in [3.05, 3.63) is 76.1 Å². The van der Waals surface area contributed by atoms with Crippen molar-refractivity contribution < 1.29 is 9.59 Å². The van der Waals surface area contributed by atoms with Crippen molar-refractivity contribution in [2.45, 2.75) is 32.2 Å². The number of nitrogens with one attached hydrogen (secondary N) is 3. The molecule has 0 aliphatic heterocycles. The van der Waals surface area contributed by atoms with E-state index in [-0.39, 0.29) is 23.9 Å². The first-order chi connectivity index (χ1) is 14.1. The minimum absolute atomic E-state index is 0.0615. The van der Waals surface area contributed by atoms with Crippen molar-refractivity contribution in [3.8, 4) is 0 Å². The molecule has 148 valence electrons. The predicted molar refractivity (Wildman–Crippen MR) is 113 cm³/mol. The molecule has 1 aromatic heterocycles. The fraction of sp³-hybridized carbons (Fsp3) is 0.261. The lowest BCUT2D eigenvalue weighted by atomic mass is 10.1. The number of rotatable bonds is 5. The molecule has 1 aliphatic carbocycles. The van der Waals surface area contributed by atoms with E-state index < -0.39 is 11.5 Å². The van der Waals surface area contributed by atoms with Crippen LogP contribution in [0.25, 0.3) is 10.9 Å². The molecular weight excluding hydrogens is 366 g/mol. The SMILES string of the molecule is O=C(NCc1cccc(NC(=O)C2CCCC2)c1)c1cc2ccccc2[nH]c1=O. The highest BCUT2D eigenvalue weighted by atomic mass is 16.2. The maximum Gasteiger partial charge on any atom is 0.261 e. The second-order valence-electron chi connectivity index (χ2n) is 7.45. The van der Waals surface area contributed by atoms with E-state index in [1.807, 2.05) is 42.5 Å². The maximum atomic E-state index is 12.5. The van der Waals surface area contributed by atoms with E-state index in [9.17, 15) is 14.4 Å². The molecular formula is C23H23N3O3. The quantitative estimate of drug-likeness (QED) is 0.623. The Morgan fingerprint density at radius 1 is 1.00 bits per heavy atom. The average molecular weight is 389 g/mol. The minimum atomic E-state index is -0.433. The van der Waals surface area contributed by atoms with Crippen molar-refractivity contribution in [1.29, 1.82) is 0 Å². The third-order valence-corrected chi connectivity index (χ3v) is 5.37. The van der Waals surface area contributed by atoms with Crippen LogP contribution < -0.4 is 16.2 Å². The summed E-state index contributed by atoms with van der Waals surface area (Å²) in [6.45, 7) is 0.262. The molecule has 3 aromatic rings. The predicted octanol–water partition coefficient (Wildman–Crippen LogP) is 3.59. The second kappa shape index (κ2) is 8.31. The van der Waals surface area contributed by atoms with Gasteiger partial charge in [-0.1, -0.05) is 43.2 Å². The molecule has 0 unspecified atom stereocenters. The molecule has 1 fully saturated rings. The Morgan fingerprint density at radius 2 is 1.79 bits per heavy atom. The number of aromatic amines is 1. The van der Waals surface area contributed by atoms with E-state index in [2.05, 4.69) is 15.6 Å². The third-order valence-electron chi connectivity index (χ3n) is 5.37. The zero-order chi connectivity index (χ0) is 20.2. The molecule has 2 aromatic carbocycles. The fourth-order valence-corrected chi connectivity index (χ4v) is 3.78. The summed E-state index contributed by atoms with van der Waals surface area (Å²) < 4.78 is 0. The number of hydrogen-bond donors (Lipinski definition) is 3. The van der Waals surface area contributed by atoms with Gasteiger partial charge >= 0.3 is 0 Å². The number of H-pyrrole nitrogens is 1. The summed E-state index contributed by atoms with van der Waals surface area (Å²) in [5.74, 6) is -0.276. The molecule has 0 atom stereocenters. The van der Waals surface area contributed by atoms with Crippen LogP contribution >= 0.6 is 0 Å². The molecule has 0 spiro atoms. The van der Waals surface area contributed by atoms with Crippen LogP contribution in [0.1, 0.15) is 41.6 Å². The summed E-state index contributed by atoms with van der Waals surface area (Å²) in [6.07, 6.45) is 4.11. The van der Waals surface area contributed by atoms with E-state index in [0.717, 1.165) is 42.3 Å². The standard InChI is InChI=1S/C23H23N3O3/c27-21(16-7-1-2-8-16)25-18-10-5-6-15(12-18)14-24-22(28)19-13-17-9-3-4-11-20(17)26-23(19)29/h3-6,9-13,16H,1-2,7-8,14H2,(H,24,28)(H,25,27)(H,26,29). The normalized spacial score (nSPS) is 14.1. The summed E-state index contributed by atoms with van der Waals surface area (Å²) >= 11 is 0. The van der Waals surface area contributed by atoms with Crippen LogP contribution in [-0.4, -0.2) is 16.8 Å². The first-order valence-electron chi connectivity index (χ1n) is 9.90. The summed E-state index contributed by atoms with van der Waals surface area (Å²) in [5, 5.41) is 6.55. The van der Waals surface area contributed by atoms with Crippen LogP contribution in [0, 0.1) is 5.92 Å². The largest absolute Gasteiger partial charge is 0.348 e. The molecule has 29 heavy (non-hydrogen) atoms. The highest BCUT2D eigenvalue weighted by Crippen LogP contribution is 2.26. The Hall–Kier alpha value is -3.41. The Bertz CT molecular complexity index is 1110. The molecule has 1 saturated carbocycles. The molecule has 4 rings (SSSR count). The van der Waals surface area contributed by atoms with Gasteiger partial charge < -0.3 is 15.6 Å². The van der Waals surface area contributed by atoms with Gasteiger partial charge in [0.25, 0.3) is 11.5 Å². The van der Waals surface area contributed by atoms with Crippen molar-refractivity contribution >= 4 is 28.4 Å². The number of amides is 2. The van der Waals surface area contributed by atoms with E-state index in [4.69, 9.17) is 0 Å². The average Bonchev–Trinajstić information content (AvgIpc) is 3.27. The number of fused-ring (bicyclic) bond motifs is 1. The number of hydrogen-bond acceptors (Lipinski definition) is 3. The van der Waals surface area contributed by atoms with Crippen LogP contribution in [0.5, 0.6) is 0 Å². The number of carbonyl (C=O) groups excluding carboxylic acids is 2. The lowest BCUT2D eigenvalue weighted by Crippen LogP contribution is -2.29. The first kappa shape index (κ1) is 18.9. The van der Waals surface area contributed by atoms with Crippen LogP contribution in [0.3, 0.4) is 0 Å². The lowest BCUT2D eigenvalue weighted by Gasteiger charge is -2.12. The number of carbonyl (C=O) groups is 2. The van der Waals surface area contributed by atoms with Gasteiger partial charge in [-0.05, 0) is 48.1 Å². The van der Waals surface area contributed by atoms with Crippen LogP contribution in [0.4, 0.5) is 5.69 Å². The summed E-state index contributed by atoms with van der Waals surface area (Å²) in [4.78, 5) is 39.8. The topological polar surface area (TPSA) is 91.1 Å². The van der Waals surface area contributed by atoms with Gasteiger partial charge in [0.1, 0.15) is 5.56 Å². The summed E-state index contributed by atoms with van der Waals surface area (Å²) in [7, 11) is 0. The van der Waals surface area contributed by atoms with Gasteiger partial charge in [0, 0.05) is 23.7 Å². The van der Waals surface area contributed by atoms with Crippen molar-refractivity contribution in [2.75, 3.05) is 5.32 Å². The molecule has 2 amide bonds. The summed E-state index contributed by atoms with van der Waals surface area (Å²) in [6, 6.07) is 16.3. The van der Waals surface area contributed by atoms with E-state index in [0.29, 0.717) is 5.52 Å². The van der Waals surface area contributed by atoms with E-state index in [1.165, 1.54) is 0 Å². The summed E-state index contributed by atoms with van der Waals surface area (Å²) in [5.41, 5.74) is 1.92. The monoisotopic (exact) mass is 389 g/mol. The molecule has 6 heteroatoms. The van der Waals surface area contributed by atoms with Gasteiger partial charge in [0.05, 0.1) is 0 Å². The van der Waals surface area contributed by atoms with Crippen LogP contribution in [0.2, 0.25) is 0 Å². The highest BCUT2D eigenvalue weighted by molar-refractivity contribution is 5.97. The lowest BCUT2D eigenvalue weighted by molar-refractivity contribution is -0.119. The molecule has 0 radical (unpaired) electrons. The zero-order valence-electron chi connectivity index (χ0n) is 16.0. The number of pyridine rings is 1. The fourth-order valence-electron chi connectivity index (χ4n) is 3.78. The van der Waals surface area contributed by atoms with Gasteiger partial charge in [-0.15, -0.1) is 0 Å². The van der Waals surface area contributed by atoms with Gasteiger partial charge in [-0.3, -0.25) is 14.4 Å². The number of para-hydroxylation sites is 1. The smallest absolute Gasteiger partial charge is 0.261 e. The van der Waals surface area contributed by atoms with Crippen LogP contribution in [-0.2, 0) is 11.3 Å². The van der Waals surface area contributed by atoms with E-state index in [1.54, 1.807) is 12.1 Å². The molecule has 0 saturated heterocycles. The second-order valence-corrected chi connectivity index (χ2v) is 7.45. The van der Waals surface area contributed by atoms with Gasteiger partial charge in [-0.2, -0.15) is 0 Å². The molecule has 1 heterocycles. The number of benzene rings is 2. The molecule has 6 nitrogen and oxygen atoms in total. The minimum Gasteiger partial charge on any atom is -0.348 e. The van der Waals surface area contributed by atoms with E-state index >= 15 is 0 Å². The first-order valence-corrected chi connectivity index (χ1v) is 9.90. The third kappa shape index (κ3) is 4.37. The van der Waals surface area contributed by atoms with Crippen molar-refractivity contribution in [2.24, 2.45) is 5.92 Å². The highest BCUT2D eigenvalue weighted by Gasteiger charge is 2.22. The Kier molecular flexibility index (Phi) is 5.42. The maximum absolute atomic E-state index is 12.5. The van der Waals surface area contributed by atoms with Crippen LogP contribution in [0.15, 0.2) is 59.4 Å². The number of anilines is 1. The van der Waals surface area contributed by atoms with Gasteiger partial charge in [-0.25, -0.2) is 0 Å². The number of aromatic nitrogens is 1. The zero-order valence-corrected chi connectivity index (χ0v) is 16.0. The Balaban J connectivity index is 1.42. The molecule has 3 N–H and O–H groups in total. The van der Waals surface area contributed by atoms with Crippen molar-refractivity contribution in [3.63, 3.8) is 0 Å². The van der Waals surface area contributed by atoms with Crippen molar-refractivity contribution in [1.82, 2.24) is 10.3 Å². The Labute approximate surface area is 168 Å². The Morgan fingerprint density at radius 3 is 2.62 bits per heavy atom. The molecule has 1 aliphatic rings. The van der Waals surface area contributed by atoms with Gasteiger partial charge in [0.2, 0.25) is 5.91 Å². The molecule has 0 bridgehead atoms. The van der Waals surface area contributed by atoms with Gasteiger partial charge in [0.15, 0.2) is 0 Å².